The molecular formula is C28H31N3O5. The third-order valence-corrected chi connectivity index (χ3v) is 6.06. The number of fused-ring (bicyclic) bond motifs is 1. The maximum atomic E-state index is 13.0. The number of carbonyl (C=O) groups is 2. The Morgan fingerprint density at radius 1 is 1.00 bits per heavy atom. The van der Waals surface area contributed by atoms with Gasteiger partial charge in [-0.2, -0.15) is 5.10 Å². The predicted molar refractivity (Wildman–Crippen MR) is 138 cm³/mol. The van der Waals surface area contributed by atoms with Crippen molar-refractivity contribution in [2.45, 2.75) is 46.0 Å². The van der Waals surface area contributed by atoms with Gasteiger partial charge in [0.05, 0.1) is 19.4 Å². The Morgan fingerprint density at radius 3 is 2.42 bits per heavy atom. The number of amides is 2. The van der Waals surface area contributed by atoms with Crippen molar-refractivity contribution < 1.29 is 23.5 Å². The van der Waals surface area contributed by atoms with E-state index in [1.54, 1.807) is 43.5 Å². The number of carbonyl (C=O) groups excluding carboxylic acids is 2. The monoisotopic (exact) mass is 489 g/mol. The highest BCUT2D eigenvalue weighted by molar-refractivity contribution is 6.09. The van der Waals surface area contributed by atoms with Crippen LogP contribution in [0.5, 0.6) is 11.5 Å². The first kappa shape index (κ1) is 25.0. The molecule has 1 aliphatic rings. The van der Waals surface area contributed by atoms with Crippen molar-refractivity contribution in [3.8, 4) is 11.5 Å². The first-order chi connectivity index (χ1) is 17.5. The van der Waals surface area contributed by atoms with Crippen molar-refractivity contribution in [3.63, 3.8) is 0 Å². The molecule has 0 atom stereocenters. The van der Waals surface area contributed by atoms with Crippen LogP contribution in [-0.4, -0.2) is 31.2 Å². The summed E-state index contributed by atoms with van der Waals surface area (Å²) in [5, 5.41) is 7.27. The summed E-state index contributed by atoms with van der Waals surface area (Å²) in [5.41, 5.74) is 5.96. The molecule has 2 amide bonds. The lowest BCUT2D eigenvalue weighted by molar-refractivity contribution is 0.0953. The fourth-order valence-electron chi connectivity index (χ4n) is 4.08. The number of benzene rings is 2. The molecule has 188 valence electrons. The van der Waals surface area contributed by atoms with Crippen molar-refractivity contribution in [1.82, 2.24) is 5.43 Å². The highest BCUT2D eigenvalue weighted by atomic mass is 16.5. The molecule has 0 saturated heterocycles. The van der Waals surface area contributed by atoms with Crippen molar-refractivity contribution in [3.05, 3.63) is 76.7 Å². The fourth-order valence-corrected chi connectivity index (χ4v) is 4.08. The van der Waals surface area contributed by atoms with Crippen LogP contribution in [0.1, 0.15) is 70.4 Å². The molecule has 2 aromatic carbocycles. The molecule has 0 unspecified atom stereocenters. The molecule has 8 heteroatoms. The molecule has 0 fully saturated rings. The summed E-state index contributed by atoms with van der Waals surface area (Å²) >= 11 is 0. The lowest BCUT2D eigenvalue weighted by Gasteiger charge is -2.13. The molecule has 4 rings (SSSR count). The van der Waals surface area contributed by atoms with Crippen molar-refractivity contribution in [1.29, 1.82) is 0 Å². The van der Waals surface area contributed by atoms with Gasteiger partial charge in [-0.15, -0.1) is 0 Å². The number of methoxy groups -OCH3 is 1. The van der Waals surface area contributed by atoms with Gasteiger partial charge in [-0.25, -0.2) is 5.43 Å². The SMILES string of the molecule is CCCCOc1ccc(NC(=O)c2oc3c(c2C)/C(=N/NC(=O)c2ccc(OC)cc2)CCC3)cc1. The lowest BCUT2D eigenvalue weighted by atomic mass is 9.93. The second-order valence-corrected chi connectivity index (χ2v) is 8.62. The Hall–Kier alpha value is -4.07. The molecule has 36 heavy (non-hydrogen) atoms. The summed E-state index contributed by atoms with van der Waals surface area (Å²) in [7, 11) is 1.57. The Balaban J connectivity index is 1.46. The number of nitrogens with zero attached hydrogens (tertiary/aromatic N) is 1. The Morgan fingerprint density at radius 2 is 1.72 bits per heavy atom. The summed E-state index contributed by atoms with van der Waals surface area (Å²) in [6.45, 7) is 4.63. The molecule has 1 aliphatic carbocycles. The van der Waals surface area contributed by atoms with Gasteiger partial charge in [0.1, 0.15) is 17.3 Å². The molecule has 8 nitrogen and oxygen atoms in total. The van der Waals surface area contributed by atoms with Crippen LogP contribution in [0.15, 0.2) is 58.0 Å². The zero-order valence-corrected chi connectivity index (χ0v) is 20.8. The number of nitrogens with one attached hydrogen (secondary N) is 2. The van der Waals surface area contributed by atoms with Gasteiger partial charge < -0.3 is 19.2 Å². The quantitative estimate of drug-likeness (QED) is 0.305. The molecule has 0 spiro atoms. The molecule has 0 aliphatic heterocycles. The average Bonchev–Trinajstić information content (AvgIpc) is 3.25. The topological polar surface area (TPSA) is 102 Å². The van der Waals surface area contributed by atoms with Crippen LogP contribution < -0.4 is 20.2 Å². The van der Waals surface area contributed by atoms with Crippen molar-refractivity contribution >= 4 is 23.2 Å². The maximum Gasteiger partial charge on any atom is 0.291 e. The summed E-state index contributed by atoms with van der Waals surface area (Å²) in [4.78, 5) is 25.5. The van der Waals surface area contributed by atoms with E-state index in [9.17, 15) is 9.59 Å². The lowest BCUT2D eigenvalue weighted by Crippen LogP contribution is -2.22. The van der Waals surface area contributed by atoms with Crippen LogP contribution in [0.4, 0.5) is 5.69 Å². The number of hydrazone groups is 1. The largest absolute Gasteiger partial charge is 0.497 e. The number of hydrogen-bond acceptors (Lipinski definition) is 6. The van der Waals surface area contributed by atoms with Gasteiger partial charge in [0.15, 0.2) is 5.76 Å². The average molecular weight is 490 g/mol. The van der Waals surface area contributed by atoms with Gasteiger partial charge in [-0.05, 0) is 74.7 Å². The van der Waals surface area contributed by atoms with Crippen LogP contribution in [0.3, 0.4) is 0 Å². The van der Waals surface area contributed by atoms with E-state index >= 15 is 0 Å². The van der Waals surface area contributed by atoms with Crippen LogP contribution >= 0.6 is 0 Å². The van der Waals surface area contributed by atoms with E-state index in [2.05, 4.69) is 22.8 Å². The summed E-state index contributed by atoms with van der Waals surface area (Å²) < 4.78 is 16.8. The zero-order chi connectivity index (χ0) is 25.5. The van der Waals surface area contributed by atoms with E-state index in [-0.39, 0.29) is 17.6 Å². The second kappa shape index (κ2) is 11.6. The molecule has 0 saturated carbocycles. The number of aryl methyl sites for hydroxylation is 1. The molecule has 1 heterocycles. The van der Waals surface area contributed by atoms with E-state index in [1.165, 1.54) is 0 Å². The van der Waals surface area contributed by atoms with Gasteiger partial charge in [-0.1, -0.05) is 13.3 Å². The summed E-state index contributed by atoms with van der Waals surface area (Å²) in [6, 6.07) is 14.1. The second-order valence-electron chi connectivity index (χ2n) is 8.62. The van der Waals surface area contributed by atoms with E-state index < -0.39 is 0 Å². The molecule has 2 N–H and O–H groups in total. The minimum atomic E-state index is -0.330. The van der Waals surface area contributed by atoms with Gasteiger partial charge in [0, 0.05) is 28.8 Å². The molecule has 0 bridgehead atoms. The van der Waals surface area contributed by atoms with E-state index in [1.807, 2.05) is 19.1 Å². The first-order valence-electron chi connectivity index (χ1n) is 12.2. The maximum absolute atomic E-state index is 13.0. The molecule has 1 aromatic heterocycles. The van der Waals surface area contributed by atoms with Crippen LogP contribution in [0.25, 0.3) is 0 Å². The Kier molecular flexibility index (Phi) is 8.05. The standard InChI is InChI=1S/C28H31N3O5/c1-4-5-17-35-22-15-11-20(12-16-22)29-28(33)26-18(2)25-23(7-6-8-24(25)36-26)30-31-27(32)19-9-13-21(34-3)14-10-19/h9-16H,4-8,17H2,1-3H3,(H,29,33)(H,31,32)/b30-23+. The predicted octanol–water partition coefficient (Wildman–Crippen LogP) is 5.50. The van der Waals surface area contributed by atoms with Crippen LogP contribution in [-0.2, 0) is 6.42 Å². The summed E-state index contributed by atoms with van der Waals surface area (Å²) in [5.74, 6) is 1.75. The van der Waals surface area contributed by atoms with E-state index in [4.69, 9.17) is 13.9 Å². The fraction of sp³-hybridized carbons (Fsp3) is 0.321. The Labute approximate surface area is 210 Å². The van der Waals surface area contributed by atoms with Crippen LogP contribution in [0.2, 0.25) is 0 Å². The van der Waals surface area contributed by atoms with Gasteiger partial charge in [0.2, 0.25) is 0 Å². The molecule has 3 aromatic rings. The molecule has 0 radical (unpaired) electrons. The summed E-state index contributed by atoms with van der Waals surface area (Å²) in [6.07, 6.45) is 4.27. The smallest absolute Gasteiger partial charge is 0.291 e. The van der Waals surface area contributed by atoms with Gasteiger partial charge in [0.25, 0.3) is 11.8 Å². The first-order valence-corrected chi connectivity index (χ1v) is 12.2. The van der Waals surface area contributed by atoms with Crippen molar-refractivity contribution in [2.75, 3.05) is 19.0 Å². The third-order valence-electron chi connectivity index (χ3n) is 6.06. The normalized spacial score (nSPS) is 13.7. The number of ether oxygens (including phenoxy) is 2. The third kappa shape index (κ3) is 5.76. The minimum Gasteiger partial charge on any atom is -0.497 e. The highest BCUT2D eigenvalue weighted by Crippen LogP contribution is 2.30. The highest BCUT2D eigenvalue weighted by Gasteiger charge is 2.28. The zero-order valence-electron chi connectivity index (χ0n) is 20.8. The number of unbranched alkanes of at least 4 members (excludes halogenated alkanes) is 1. The number of furan rings is 1. The van der Waals surface area contributed by atoms with E-state index in [0.29, 0.717) is 53.5 Å². The minimum absolute atomic E-state index is 0.249. The Bertz CT molecular complexity index is 1240. The molecular weight excluding hydrogens is 458 g/mol. The van der Waals surface area contributed by atoms with Gasteiger partial charge in [-0.3, -0.25) is 9.59 Å². The number of hydrogen-bond donors (Lipinski definition) is 2. The van der Waals surface area contributed by atoms with Gasteiger partial charge >= 0.3 is 0 Å². The van der Waals surface area contributed by atoms with Crippen LogP contribution in [0, 0.1) is 6.92 Å². The van der Waals surface area contributed by atoms with E-state index in [0.717, 1.165) is 30.6 Å². The number of anilines is 1. The number of rotatable bonds is 9. The van der Waals surface area contributed by atoms with Crippen molar-refractivity contribution in [2.24, 2.45) is 5.10 Å².